The fourth-order valence-electron chi connectivity index (χ4n) is 3.90. The van der Waals surface area contributed by atoms with E-state index in [-0.39, 0.29) is 0 Å². The first kappa shape index (κ1) is 8.05. The quantitative estimate of drug-likeness (QED) is 0.591. The van der Waals surface area contributed by atoms with Crippen LogP contribution >= 0.6 is 0 Å². The van der Waals surface area contributed by atoms with E-state index in [0.29, 0.717) is 11.5 Å². The summed E-state index contributed by atoms with van der Waals surface area (Å²) in [5.41, 5.74) is 0.500. The second kappa shape index (κ2) is 2.38. The van der Waals surface area contributed by atoms with Gasteiger partial charge >= 0.3 is 0 Å². The van der Waals surface area contributed by atoms with Crippen LogP contribution in [0.5, 0.6) is 0 Å². The Morgan fingerprint density at radius 3 is 3.00 bits per heavy atom. The third-order valence-corrected chi connectivity index (χ3v) is 4.64. The molecule has 0 aromatic heterocycles. The zero-order chi connectivity index (χ0) is 9.05. The summed E-state index contributed by atoms with van der Waals surface area (Å²) >= 11 is 0. The van der Waals surface area contributed by atoms with Crippen LogP contribution < -0.4 is 0 Å². The zero-order valence-corrected chi connectivity index (χ0v) is 8.49. The highest BCUT2D eigenvalue weighted by molar-refractivity contribution is 5.33. The van der Waals surface area contributed by atoms with E-state index in [1.807, 2.05) is 0 Å². The van der Waals surface area contributed by atoms with Crippen molar-refractivity contribution in [2.45, 2.75) is 32.8 Å². The van der Waals surface area contributed by atoms with Crippen LogP contribution in [0.1, 0.15) is 26.7 Å². The van der Waals surface area contributed by atoms with E-state index >= 15 is 0 Å². The lowest BCUT2D eigenvalue weighted by molar-refractivity contribution is -0.0715. The first-order valence-electron chi connectivity index (χ1n) is 5.61. The minimum Gasteiger partial charge on any atom is -0.377 e. The fraction of sp³-hybridized carbons (Fsp3) is 0.833. The van der Waals surface area contributed by atoms with Crippen molar-refractivity contribution in [3.05, 3.63) is 12.2 Å². The molecular weight excluding hydrogens is 160 g/mol. The molecule has 5 atom stereocenters. The second-order valence-electron chi connectivity index (χ2n) is 4.92. The van der Waals surface area contributed by atoms with E-state index in [2.05, 4.69) is 26.0 Å². The van der Waals surface area contributed by atoms with Crippen LogP contribution in [-0.4, -0.2) is 12.7 Å². The zero-order valence-electron chi connectivity index (χ0n) is 8.49. The molecule has 1 heterocycles. The Labute approximate surface area is 80.2 Å². The summed E-state index contributed by atoms with van der Waals surface area (Å²) in [6, 6.07) is 0. The van der Waals surface area contributed by atoms with Gasteiger partial charge in [-0.3, -0.25) is 0 Å². The average molecular weight is 178 g/mol. The van der Waals surface area contributed by atoms with E-state index in [1.54, 1.807) is 0 Å². The van der Waals surface area contributed by atoms with Crippen LogP contribution in [0.15, 0.2) is 12.2 Å². The molecule has 1 saturated carbocycles. The molecule has 2 fully saturated rings. The molecule has 0 aromatic rings. The van der Waals surface area contributed by atoms with Gasteiger partial charge in [-0.1, -0.05) is 25.5 Å². The minimum atomic E-state index is 0.487. The molecule has 1 saturated heterocycles. The van der Waals surface area contributed by atoms with Gasteiger partial charge in [-0.2, -0.15) is 0 Å². The van der Waals surface area contributed by atoms with Crippen LogP contribution in [-0.2, 0) is 4.74 Å². The third-order valence-electron chi connectivity index (χ3n) is 4.64. The van der Waals surface area contributed by atoms with Gasteiger partial charge in [0, 0.05) is 5.41 Å². The lowest BCUT2D eigenvalue weighted by Gasteiger charge is -2.62. The molecule has 13 heavy (non-hydrogen) atoms. The highest BCUT2D eigenvalue weighted by Gasteiger charge is 2.68. The summed E-state index contributed by atoms with van der Waals surface area (Å²) in [5, 5.41) is 0. The monoisotopic (exact) mass is 178 g/mol. The van der Waals surface area contributed by atoms with Crippen LogP contribution in [0.25, 0.3) is 0 Å². The number of hydrogen-bond acceptors (Lipinski definition) is 1. The van der Waals surface area contributed by atoms with Gasteiger partial charge < -0.3 is 4.74 Å². The smallest absolute Gasteiger partial charge is 0.0647 e. The summed E-state index contributed by atoms with van der Waals surface area (Å²) in [4.78, 5) is 0. The van der Waals surface area contributed by atoms with Crippen molar-refractivity contribution in [1.29, 1.82) is 0 Å². The lowest BCUT2D eigenvalue weighted by Crippen LogP contribution is -2.61. The maximum Gasteiger partial charge on any atom is 0.0647 e. The normalized spacial score (nSPS) is 56.5. The molecule has 0 N–H and O–H groups in total. The summed E-state index contributed by atoms with van der Waals surface area (Å²) in [6.07, 6.45) is 8.06. The van der Waals surface area contributed by atoms with E-state index in [9.17, 15) is 0 Å². The van der Waals surface area contributed by atoms with Crippen molar-refractivity contribution >= 4 is 0 Å². The van der Waals surface area contributed by atoms with Gasteiger partial charge in [-0.25, -0.2) is 0 Å². The van der Waals surface area contributed by atoms with Crippen molar-refractivity contribution < 1.29 is 4.74 Å². The highest BCUT2D eigenvalue weighted by Crippen LogP contribution is 2.69. The predicted octanol–water partition coefficient (Wildman–Crippen LogP) is 2.62. The number of hydrogen-bond donors (Lipinski definition) is 0. The standard InChI is InChI=1S/C12H18O/c1-3-4-9-10-5-6-12(10)8(2)13-7-11(9)12/h5-6,8-11H,3-4,7H2,1-2H3/t8-,9+,10+,11+,12-/m0/s1. The Hall–Kier alpha value is -0.300. The maximum atomic E-state index is 5.79. The summed E-state index contributed by atoms with van der Waals surface area (Å²) in [5.74, 6) is 2.67. The number of rotatable bonds is 2. The van der Waals surface area contributed by atoms with Crippen molar-refractivity contribution in [2.75, 3.05) is 6.61 Å². The molecule has 0 unspecified atom stereocenters. The largest absolute Gasteiger partial charge is 0.377 e. The first-order chi connectivity index (χ1) is 6.30. The molecule has 1 aliphatic heterocycles. The fourth-order valence-corrected chi connectivity index (χ4v) is 3.90. The third kappa shape index (κ3) is 0.698. The van der Waals surface area contributed by atoms with Gasteiger partial charge in [0.15, 0.2) is 0 Å². The van der Waals surface area contributed by atoms with Gasteiger partial charge in [-0.15, -0.1) is 0 Å². The highest BCUT2D eigenvalue weighted by atomic mass is 16.5. The Kier molecular flexibility index (Phi) is 1.48. The molecule has 1 heteroatoms. The Bertz CT molecular complexity index is 258. The van der Waals surface area contributed by atoms with Gasteiger partial charge in [-0.05, 0) is 31.1 Å². The van der Waals surface area contributed by atoms with E-state index in [4.69, 9.17) is 4.74 Å². The average Bonchev–Trinajstić information content (AvgIpc) is 2.40. The Morgan fingerprint density at radius 1 is 1.54 bits per heavy atom. The Morgan fingerprint density at radius 2 is 2.38 bits per heavy atom. The number of ether oxygens (including phenoxy) is 1. The van der Waals surface area contributed by atoms with Crippen molar-refractivity contribution in [1.82, 2.24) is 0 Å². The van der Waals surface area contributed by atoms with Crippen molar-refractivity contribution in [3.63, 3.8) is 0 Å². The predicted molar refractivity (Wildman–Crippen MR) is 52.4 cm³/mol. The summed E-state index contributed by atoms with van der Waals surface area (Å²) < 4.78 is 5.79. The van der Waals surface area contributed by atoms with Gasteiger partial charge in [0.25, 0.3) is 0 Å². The molecule has 3 rings (SSSR count). The minimum absolute atomic E-state index is 0.487. The Balaban J connectivity index is 1.84. The molecule has 1 spiro atoms. The molecule has 0 radical (unpaired) electrons. The van der Waals surface area contributed by atoms with E-state index < -0.39 is 0 Å². The van der Waals surface area contributed by atoms with Gasteiger partial charge in [0.05, 0.1) is 12.7 Å². The first-order valence-corrected chi connectivity index (χ1v) is 5.61. The summed E-state index contributed by atoms with van der Waals surface area (Å²) in [7, 11) is 0. The topological polar surface area (TPSA) is 9.23 Å². The molecule has 1 nitrogen and oxygen atoms in total. The van der Waals surface area contributed by atoms with E-state index in [1.165, 1.54) is 12.8 Å². The summed E-state index contributed by atoms with van der Waals surface area (Å²) in [6.45, 7) is 5.56. The van der Waals surface area contributed by atoms with Crippen LogP contribution in [0.3, 0.4) is 0 Å². The molecule has 72 valence electrons. The van der Waals surface area contributed by atoms with Gasteiger partial charge in [0.2, 0.25) is 0 Å². The molecule has 0 bridgehead atoms. The second-order valence-corrected chi connectivity index (χ2v) is 4.92. The van der Waals surface area contributed by atoms with Crippen LogP contribution in [0.2, 0.25) is 0 Å². The van der Waals surface area contributed by atoms with E-state index in [0.717, 1.165) is 24.4 Å². The maximum absolute atomic E-state index is 5.79. The van der Waals surface area contributed by atoms with Crippen LogP contribution in [0, 0.1) is 23.2 Å². The number of allylic oxidation sites excluding steroid dienone is 1. The molecule has 2 aliphatic carbocycles. The van der Waals surface area contributed by atoms with Gasteiger partial charge in [0.1, 0.15) is 0 Å². The van der Waals surface area contributed by atoms with Crippen LogP contribution in [0.4, 0.5) is 0 Å². The molecular formula is C12H18O. The van der Waals surface area contributed by atoms with Crippen molar-refractivity contribution in [3.8, 4) is 0 Å². The lowest BCUT2D eigenvalue weighted by atomic mass is 9.40. The SMILES string of the molecule is CCC[C@@H]1[C@H]2C=C[C@]23[C@H](C)OC[C@H]13. The van der Waals surface area contributed by atoms with Crippen molar-refractivity contribution in [2.24, 2.45) is 23.2 Å². The molecule has 0 aromatic carbocycles. The molecule has 0 amide bonds. The molecule has 3 aliphatic rings.